The quantitative estimate of drug-likeness (QED) is 0.624. The summed E-state index contributed by atoms with van der Waals surface area (Å²) >= 11 is 1.94. The molecule has 3 heteroatoms. The highest BCUT2D eigenvalue weighted by atomic mass is 32.2. The zero-order valence-electron chi connectivity index (χ0n) is 11.1. The van der Waals surface area contributed by atoms with Gasteiger partial charge < -0.3 is 10.5 Å². The lowest BCUT2D eigenvalue weighted by Crippen LogP contribution is -2.01. The van der Waals surface area contributed by atoms with Crippen molar-refractivity contribution < 1.29 is 4.74 Å². The highest BCUT2D eigenvalue weighted by Crippen LogP contribution is 2.11. The van der Waals surface area contributed by atoms with Crippen molar-refractivity contribution in [1.82, 2.24) is 0 Å². The van der Waals surface area contributed by atoms with Gasteiger partial charge >= 0.3 is 0 Å². The summed E-state index contributed by atoms with van der Waals surface area (Å²) in [6, 6.07) is 10.6. The molecule has 0 aromatic heterocycles. The monoisotopic (exact) mass is 267 g/mol. The van der Waals surface area contributed by atoms with Crippen molar-refractivity contribution in [3.63, 3.8) is 0 Å². The molecule has 0 saturated carbocycles. The van der Waals surface area contributed by atoms with Gasteiger partial charge in [-0.3, -0.25) is 0 Å². The Bertz CT molecular complexity index is 279. The molecule has 0 amide bonds. The molecule has 0 radical (unpaired) electrons. The van der Waals surface area contributed by atoms with Gasteiger partial charge in [0.15, 0.2) is 0 Å². The number of benzene rings is 1. The second-order valence-electron chi connectivity index (χ2n) is 4.35. The van der Waals surface area contributed by atoms with E-state index in [2.05, 4.69) is 30.3 Å². The van der Waals surface area contributed by atoms with Crippen LogP contribution in [0.5, 0.6) is 0 Å². The molecule has 0 atom stereocenters. The molecule has 2 N–H and O–H groups in total. The Morgan fingerprint density at radius 3 is 2.50 bits per heavy atom. The lowest BCUT2D eigenvalue weighted by Gasteiger charge is -2.04. The van der Waals surface area contributed by atoms with E-state index in [-0.39, 0.29) is 0 Å². The van der Waals surface area contributed by atoms with E-state index in [0.29, 0.717) is 0 Å². The lowest BCUT2D eigenvalue weighted by molar-refractivity contribution is 0.145. The van der Waals surface area contributed by atoms with Crippen LogP contribution < -0.4 is 5.73 Å². The van der Waals surface area contributed by atoms with Crippen LogP contribution in [-0.4, -0.2) is 25.5 Å². The molecule has 1 rings (SSSR count). The third-order valence-electron chi connectivity index (χ3n) is 2.73. The minimum absolute atomic E-state index is 0.816. The first kappa shape index (κ1) is 15.5. The number of hydrogen-bond donors (Lipinski definition) is 1. The maximum atomic E-state index is 5.60. The van der Waals surface area contributed by atoms with E-state index < -0.39 is 0 Å². The summed E-state index contributed by atoms with van der Waals surface area (Å²) in [7, 11) is 0. The summed E-state index contributed by atoms with van der Waals surface area (Å²) in [5.74, 6) is 2.17. The minimum Gasteiger partial charge on any atom is -0.381 e. The summed E-state index contributed by atoms with van der Waals surface area (Å²) in [4.78, 5) is 0. The SMILES string of the molecule is NCCCCCCOCCSCc1ccccc1. The predicted octanol–water partition coefficient (Wildman–Crippen LogP) is 3.46. The molecule has 0 spiro atoms. The molecule has 2 nitrogen and oxygen atoms in total. The van der Waals surface area contributed by atoms with Gasteiger partial charge in [-0.05, 0) is 24.9 Å². The van der Waals surface area contributed by atoms with E-state index in [1.54, 1.807) is 0 Å². The molecular formula is C15H25NOS. The Balaban J connectivity index is 1.82. The van der Waals surface area contributed by atoms with Crippen LogP contribution in [0.25, 0.3) is 0 Å². The largest absolute Gasteiger partial charge is 0.381 e. The summed E-state index contributed by atoms with van der Waals surface area (Å²) in [5.41, 5.74) is 6.83. The number of hydrogen-bond acceptors (Lipinski definition) is 3. The topological polar surface area (TPSA) is 35.2 Å². The van der Waals surface area contributed by atoms with Crippen molar-refractivity contribution in [2.45, 2.75) is 31.4 Å². The highest BCUT2D eigenvalue weighted by Gasteiger charge is 1.93. The first-order valence-corrected chi connectivity index (χ1v) is 7.98. The maximum Gasteiger partial charge on any atom is 0.0556 e. The van der Waals surface area contributed by atoms with Crippen molar-refractivity contribution >= 4 is 11.8 Å². The molecule has 0 heterocycles. The second-order valence-corrected chi connectivity index (χ2v) is 5.46. The van der Waals surface area contributed by atoms with Crippen molar-refractivity contribution in [3.05, 3.63) is 35.9 Å². The second kappa shape index (κ2) is 11.6. The zero-order chi connectivity index (χ0) is 12.9. The Kier molecular flexibility index (Phi) is 10.00. The molecule has 1 aromatic carbocycles. The van der Waals surface area contributed by atoms with E-state index in [1.165, 1.54) is 24.8 Å². The average molecular weight is 267 g/mol. The van der Waals surface area contributed by atoms with E-state index in [9.17, 15) is 0 Å². The van der Waals surface area contributed by atoms with Crippen LogP contribution in [0.2, 0.25) is 0 Å². The fourth-order valence-corrected chi connectivity index (χ4v) is 2.49. The Morgan fingerprint density at radius 1 is 0.944 bits per heavy atom. The van der Waals surface area contributed by atoms with Gasteiger partial charge in [-0.25, -0.2) is 0 Å². The van der Waals surface area contributed by atoms with E-state index >= 15 is 0 Å². The molecule has 102 valence electrons. The van der Waals surface area contributed by atoms with Crippen LogP contribution in [0, 0.1) is 0 Å². The Hall–Kier alpha value is -0.510. The summed E-state index contributed by atoms with van der Waals surface area (Å²) in [6.45, 7) is 2.59. The Labute approximate surface area is 115 Å². The van der Waals surface area contributed by atoms with E-state index in [4.69, 9.17) is 10.5 Å². The van der Waals surface area contributed by atoms with E-state index in [0.717, 1.165) is 37.7 Å². The smallest absolute Gasteiger partial charge is 0.0556 e. The van der Waals surface area contributed by atoms with Gasteiger partial charge in [0.2, 0.25) is 0 Å². The number of unbranched alkanes of at least 4 members (excludes halogenated alkanes) is 3. The van der Waals surface area contributed by atoms with Gasteiger partial charge in [0.05, 0.1) is 6.61 Å². The summed E-state index contributed by atoms with van der Waals surface area (Å²) < 4.78 is 5.60. The van der Waals surface area contributed by atoms with Crippen molar-refractivity contribution in [2.75, 3.05) is 25.5 Å². The standard InChI is InChI=1S/C15H25NOS/c16-10-6-1-2-7-11-17-12-13-18-14-15-8-4-3-5-9-15/h3-5,8-9H,1-2,6-7,10-14,16H2. The molecule has 0 aliphatic carbocycles. The number of rotatable bonds is 11. The first-order chi connectivity index (χ1) is 8.93. The molecule has 0 aliphatic rings. The maximum absolute atomic E-state index is 5.60. The highest BCUT2D eigenvalue weighted by molar-refractivity contribution is 7.98. The van der Waals surface area contributed by atoms with Crippen molar-refractivity contribution in [2.24, 2.45) is 5.73 Å². The van der Waals surface area contributed by atoms with Crippen molar-refractivity contribution in [1.29, 1.82) is 0 Å². The third-order valence-corrected chi connectivity index (χ3v) is 3.72. The van der Waals surface area contributed by atoms with Crippen LogP contribution in [0.3, 0.4) is 0 Å². The van der Waals surface area contributed by atoms with Crippen LogP contribution in [0.1, 0.15) is 31.2 Å². The number of thioether (sulfide) groups is 1. The molecule has 0 unspecified atom stereocenters. The predicted molar refractivity (Wildman–Crippen MR) is 80.9 cm³/mol. The van der Waals surface area contributed by atoms with Crippen LogP contribution in [-0.2, 0) is 10.5 Å². The van der Waals surface area contributed by atoms with Gasteiger partial charge in [0, 0.05) is 18.1 Å². The fraction of sp³-hybridized carbons (Fsp3) is 0.600. The van der Waals surface area contributed by atoms with Crippen LogP contribution in [0.15, 0.2) is 30.3 Å². The van der Waals surface area contributed by atoms with Crippen LogP contribution >= 0.6 is 11.8 Å². The van der Waals surface area contributed by atoms with Gasteiger partial charge in [-0.1, -0.05) is 43.2 Å². The minimum atomic E-state index is 0.816. The molecule has 0 bridgehead atoms. The first-order valence-electron chi connectivity index (χ1n) is 6.83. The van der Waals surface area contributed by atoms with Gasteiger partial charge in [0.1, 0.15) is 0 Å². The number of ether oxygens (including phenoxy) is 1. The fourth-order valence-electron chi connectivity index (χ4n) is 1.69. The van der Waals surface area contributed by atoms with Gasteiger partial charge in [-0.2, -0.15) is 11.8 Å². The molecule has 0 saturated heterocycles. The van der Waals surface area contributed by atoms with E-state index in [1.807, 2.05) is 11.8 Å². The van der Waals surface area contributed by atoms with Gasteiger partial charge in [0.25, 0.3) is 0 Å². The zero-order valence-corrected chi connectivity index (χ0v) is 12.0. The lowest BCUT2D eigenvalue weighted by atomic mass is 10.2. The average Bonchev–Trinajstić information content (AvgIpc) is 2.42. The normalized spacial score (nSPS) is 10.7. The summed E-state index contributed by atoms with van der Waals surface area (Å²) in [5, 5.41) is 0. The van der Waals surface area contributed by atoms with Gasteiger partial charge in [-0.15, -0.1) is 0 Å². The molecule has 18 heavy (non-hydrogen) atoms. The third kappa shape index (κ3) is 8.56. The summed E-state index contributed by atoms with van der Waals surface area (Å²) in [6.07, 6.45) is 4.80. The molecule has 0 aliphatic heterocycles. The molecule has 0 fully saturated rings. The Morgan fingerprint density at radius 2 is 1.72 bits per heavy atom. The van der Waals surface area contributed by atoms with Crippen LogP contribution in [0.4, 0.5) is 0 Å². The molecular weight excluding hydrogens is 242 g/mol. The molecule has 1 aromatic rings. The van der Waals surface area contributed by atoms with Crippen molar-refractivity contribution in [3.8, 4) is 0 Å². The number of nitrogens with two attached hydrogens (primary N) is 1.